The molecular weight excluding hydrogens is 272 g/mol. The summed E-state index contributed by atoms with van der Waals surface area (Å²) in [5.41, 5.74) is 0.666. The maximum Gasteiger partial charge on any atom is 0.169 e. The zero-order chi connectivity index (χ0) is 11.4. The molecule has 0 fully saturated rings. The minimum atomic E-state index is 0.147. The van der Waals surface area contributed by atoms with Gasteiger partial charge >= 0.3 is 0 Å². The van der Waals surface area contributed by atoms with Crippen LogP contribution in [0.2, 0.25) is 0 Å². The van der Waals surface area contributed by atoms with Gasteiger partial charge in [0.25, 0.3) is 0 Å². The molecule has 0 amide bonds. The van der Waals surface area contributed by atoms with Crippen molar-refractivity contribution in [2.45, 2.75) is 12.8 Å². The van der Waals surface area contributed by atoms with Crippen LogP contribution in [0.1, 0.15) is 23.2 Å². The molecule has 86 valence electrons. The van der Waals surface area contributed by atoms with Crippen LogP contribution >= 0.6 is 15.9 Å². The molecule has 3 nitrogen and oxygen atoms in total. The number of alkyl halides is 1. The zero-order valence-electron chi connectivity index (χ0n) is 8.87. The highest BCUT2D eigenvalue weighted by atomic mass is 79.9. The van der Waals surface area contributed by atoms with Crippen molar-refractivity contribution in [3.8, 4) is 11.5 Å². The molecule has 0 unspecified atom stereocenters. The quantitative estimate of drug-likeness (QED) is 0.630. The summed E-state index contributed by atoms with van der Waals surface area (Å²) in [6, 6.07) is 5.39. The Labute approximate surface area is 103 Å². The van der Waals surface area contributed by atoms with E-state index < -0.39 is 0 Å². The van der Waals surface area contributed by atoms with E-state index in [1.54, 1.807) is 12.1 Å². The number of halogens is 1. The standard InChI is InChI=1S/C12H13BrO3/c13-5-1-6-15-9-2-3-10-11(14)4-7-16-12(10)8-9/h2-3,8H,1,4-7H2. The van der Waals surface area contributed by atoms with E-state index >= 15 is 0 Å². The van der Waals surface area contributed by atoms with Crippen LogP contribution in [0.5, 0.6) is 11.5 Å². The molecule has 1 aliphatic rings. The molecule has 0 aromatic heterocycles. The van der Waals surface area contributed by atoms with Crippen molar-refractivity contribution in [3.63, 3.8) is 0 Å². The van der Waals surface area contributed by atoms with Crippen LogP contribution in [0.4, 0.5) is 0 Å². The van der Waals surface area contributed by atoms with Crippen LogP contribution in [0, 0.1) is 0 Å². The van der Waals surface area contributed by atoms with Crippen molar-refractivity contribution in [1.29, 1.82) is 0 Å². The Morgan fingerprint density at radius 3 is 3.12 bits per heavy atom. The molecule has 0 spiro atoms. The van der Waals surface area contributed by atoms with Gasteiger partial charge < -0.3 is 9.47 Å². The van der Waals surface area contributed by atoms with Crippen molar-refractivity contribution in [1.82, 2.24) is 0 Å². The molecule has 16 heavy (non-hydrogen) atoms. The van der Waals surface area contributed by atoms with Gasteiger partial charge in [-0.3, -0.25) is 4.79 Å². The van der Waals surface area contributed by atoms with Crippen molar-refractivity contribution >= 4 is 21.7 Å². The zero-order valence-corrected chi connectivity index (χ0v) is 10.5. The SMILES string of the molecule is O=C1CCOc2cc(OCCCBr)ccc21. The fraction of sp³-hybridized carbons (Fsp3) is 0.417. The predicted octanol–water partition coefficient (Wildman–Crippen LogP) is 2.82. The smallest absolute Gasteiger partial charge is 0.169 e. The van der Waals surface area contributed by atoms with Crippen LogP contribution in [0.25, 0.3) is 0 Å². The van der Waals surface area contributed by atoms with E-state index in [1.807, 2.05) is 6.07 Å². The van der Waals surface area contributed by atoms with Crippen molar-refractivity contribution in [2.75, 3.05) is 18.5 Å². The summed E-state index contributed by atoms with van der Waals surface area (Å²) in [4.78, 5) is 11.5. The van der Waals surface area contributed by atoms with E-state index in [4.69, 9.17) is 9.47 Å². The average molecular weight is 285 g/mol. The molecule has 1 aromatic rings. The Kier molecular flexibility index (Phi) is 3.83. The largest absolute Gasteiger partial charge is 0.493 e. The summed E-state index contributed by atoms with van der Waals surface area (Å²) < 4.78 is 11.0. The first-order valence-corrected chi connectivity index (χ1v) is 6.42. The van der Waals surface area contributed by atoms with Crippen LogP contribution in [-0.4, -0.2) is 24.3 Å². The monoisotopic (exact) mass is 284 g/mol. The van der Waals surface area contributed by atoms with Gasteiger partial charge in [-0.05, 0) is 18.6 Å². The first kappa shape index (κ1) is 11.5. The average Bonchev–Trinajstić information content (AvgIpc) is 2.30. The van der Waals surface area contributed by atoms with Gasteiger partial charge in [0.1, 0.15) is 11.5 Å². The topological polar surface area (TPSA) is 35.5 Å². The lowest BCUT2D eigenvalue weighted by molar-refractivity contribution is 0.0933. The Morgan fingerprint density at radius 1 is 1.44 bits per heavy atom. The Balaban J connectivity index is 2.09. The van der Waals surface area contributed by atoms with E-state index in [0.29, 0.717) is 30.9 Å². The van der Waals surface area contributed by atoms with Gasteiger partial charge in [0.2, 0.25) is 0 Å². The van der Waals surface area contributed by atoms with Gasteiger partial charge in [0, 0.05) is 17.8 Å². The number of carbonyl (C=O) groups is 1. The maximum absolute atomic E-state index is 11.5. The van der Waals surface area contributed by atoms with E-state index in [-0.39, 0.29) is 5.78 Å². The van der Waals surface area contributed by atoms with Crippen LogP contribution in [-0.2, 0) is 0 Å². The van der Waals surface area contributed by atoms with Crippen molar-refractivity contribution in [2.24, 2.45) is 0 Å². The minimum Gasteiger partial charge on any atom is -0.493 e. The number of rotatable bonds is 4. The number of fused-ring (bicyclic) bond motifs is 1. The molecule has 1 aromatic carbocycles. The van der Waals surface area contributed by atoms with E-state index in [0.717, 1.165) is 17.5 Å². The first-order valence-electron chi connectivity index (χ1n) is 5.30. The lowest BCUT2D eigenvalue weighted by Gasteiger charge is -2.17. The summed E-state index contributed by atoms with van der Waals surface area (Å²) in [5.74, 6) is 1.55. The molecule has 0 N–H and O–H groups in total. The highest BCUT2D eigenvalue weighted by Crippen LogP contribution is 2.29. The molecule has 1 heterocycles. The number of hydrogen-bond donors (Lipinski definition) is 0. The van der Waals surface area contributed by atoms with Gasteiger partial charge in [-0.25, -0.2) is 0 Å². The Morgan fingerprint density at radius 2 is 2.31 bits per heavy atom. The van der Waals surface area contributed by atoms with E-state index in [2.05, 4.69) is 15.9 Å². The number of carbonyl (C=O) groups excluding carboxylic acids is 1. The normalized spacial score (nSPS) is 14.2. The lowest BCUT2D eigenvalue weighted by Crippen LogP contribution is -2.15. The number of Topliss-reactive ketones (excluding diaryl/α,β-unsaturated/α-hetero) is 1. The third-order valence-electron chi connectivity index (χ3n) is 2.39. The molecule has 0 bridgehead atoms. The number of hydrogen-bond acceptors (Lipinski definition) is 3. The molecule has 2 rings (SSSR count). The number of benzene rings is 1. The summed E-state index contributed by atoms with van der Waals surface area (Å²) in [6.45, 7) is 1.13. The minimum absolute atomic E-state index is 0.147. The summed E-state index contributed by atoms with van der Waals surface area (Å²) >= 11 is 3.34. The molecule has 0 atom stereocenters. The van der Waals surface area contributed by atoms with Gasteiger partial charge in [0.15, 0.2) is 5.78 Å². The Bertz CT molecular complexity index is 390. The Hall–Kier alpha value is -1.03. The van der Waals surface area contributed by atoms with Gasteiger partial charge in [0.05, 0.1) is 18.8 Å². The predicted molar refractivity (Wildman–Crippen MR) is 64.8 cm³/mol. The first-order chi connectivity index (χ1) is 7.81. The fourth-order valence-corrected chi connectivity index (χ4v) is 1.80. The van der Waals surface area contributed by atoms with E-state index in [1.165, 1.54) is 0 Å². The molecule has 4 heteroatoms. The highest BCUT2D eigenvalue weighted by Gasteiger charge is 2.18. The van der Waals surface area contributed by atoms with Crippen molar-refractivity contribution in [3.05, 3.63) is 23.8 Å². The number of ether oxygens (including phenoxy) is 2. The molecule has 0 saturated heterocycles. The third kappa shape index (κ3) is 2.55. The van der Waals surface area contributed by atoms with Gasteiger partial charge in [-0.2, -0.15) is 0 Å². The molecule has 0 aliphatic carbocycles. The molecular formula is C12H13BrO3. The third-order valence-corrected chi connectivity index (χ3v) is 2.95. The van der Waals surface area contributed by atoms with E-state index in [9.17, 15) is 4.79 Å². The van der Waals surface area contributed by atoms with Crippen LogP contribution in [0.3, 0.4) is 0 Å². The second-order valence-electron chi connectivity index (χ2n) is 3.57. The molecule has 1 aliphatic heterocycles. The maximum atomic E-state index is 11.5. The van der Waals surface area contributed by atoms with Crippen molar-refractivity contribution < 1.29 is 14.3 Å². The lowest BCUT2D eigenvalue weighted by atomic mass is 10.1. The summed E-state index contributed by atoms with van der Waals surface area (Å²) in [6.07, 6.45) is 1.42. The second-order valence-corrected chi connectivity index (χ2v) is 4.36. The summed E-state index contributed by atoms with van der Waals surface area (Å²) in [7, 11) is 0. The fourth-order valence-electron chi connectivity index (χ4n) is 1.58. The summed E-state index contributed by atoms with van der Waals surface area (Å²) in [5, 5.41) is 0.924. The van der Waals surface area contributed by atoms with Gasteiger partial charge in [-0.15, -0.1) is 0 Å². The van der Waals surface area contributed by atoms with Crippen LogP contribution in [0.15, 0.2) is 18.2 Å². The van der Waals surface area contributed by atoms with Gasteiger partial charge in [-0.1, -0.05) is 15.9 Å². The highest BCUT2D eigenvalue weighted by molar-refractivity contribution is 9.09. The molecule has 0 radical (unpaired) electrons. The van der Waals surface area contributed by atoms with Crippen LogP contribution < -0.4 is 9.47 Å². The molecule has 0 saturated carbocycles. The second kappa shape index (κ2) is 5.34. The number of ketones is 1.